The molecule has 0 bridgehead atoms. The molecule has 11 heteroatoms. The van der Waals surface area contributed by atoms with Gasteiger partial charge in [-0.25, -0.2) is 4.98 Å². The summed E-state index contributed by atoms with van der Waals surface area (Å²) in [6, 6.07) is 4.39. The fourth-order valence-corrected chi connectivity index (χ4v) is 5.81. The number of aliphatic hydroxyl groups is 1. The summed E-state index contributed by atoms with van der Waals surface area (Å²) in [7, 11) is 0. The Labute approximate surface area is 212 Å². The molecule has 4 rings (SSSR count). The van der Waals surface area contributed by atoms with Crippen LogP contribution in [0.2, 0.25) is 0 Å². The van der Waals surface area contributed by atoms with Crippen molar-refractivity contribution in [2.75, 3.05) is 19.6 Å². The maximum absolute atomic E-state index is 12.8. The summed E-state index contributed by atoms with van der Waals surface area (Å²) in [4.78, 5) is 32.0. The molecule has 1 aromatic carbocycles. The molecule has 1 saturated heterocycles. The summed E-state index contributed by atoms with van der Waals surface area (Å²) in [6.45, 7) is 5.25. The third-order valence-corrected chi connectivity index (χ3v) is 8.40. The lowest BCUT2D eigenvalue weighted by Gasteiger charge is -2.48. The smallest absolute Gasteiger partial charge is 0.384 e. The molecule has 1 saturated carbocycles. The third kappa shape index (κ3) is 6.07. The fraction of sp³-hybridized carbons (Fsp3) is 0.560. The van der Waals surface area contributed by atoms with Gasteiger partial charge in [-0.2, -0.15) is 13.2 Å². The number of hydrogen-bond donors (Lipinski definition) is 3. The number of rotatable bonds is 7. The zero-order valence-electron chi connectivity index (χ0n) is 20.3. The Morgan fingerprint density at radius 1 is 1.25 bits per heavy atom. The van der Waals surface area contributed by atoms with E-state index in [2.05, 4.69) is 34.4 Å². The quantitative estimate of drug-likeness (QED) is 0.514. The van der Waals surface area contributed by atoms with Gasteiger partial charge in [0, 0.05) is 36.8 Å². The number of nitrogens with zero attached hydrogens (tertiary/aromatic N) is 2. The van der Waals surface area contributed by atoms with Crippen LogP contribution in [0.5, 0.6) is 0 Å². The monoisotopic (exact) mass is 524 g/mol. The van der Waals surface area contributed by atoms with Crippen molar-refractivity contribution in [3.05, 3.63) is 51.5 Å². The van der Waals surface area contributed by atoms with Gasteiger partial charge >= 0.3 is 6.18 Å². The van der Waals surface area contributed by atoms with Crippen molar-refractivity contribution in [2.24, 2.45) is 0 Å². The number of carbonyl (C=O) groups excluding carboxylic acids is 2. The van der Waals surface area contributed by atoms with Crippen molar-refractivity contribution in [1.82, 2.24) is 20.5 Å². The largest absolute Gasteiger partial charge is 0.416 e. The van der Waals surface area contributed by atoms with E-state index in [-0.39, 0.29) is 24.1 Å². The summed E-state index contributed by atoms with van der Waals surface area (Å²) in [5.74, 6) is -0.780. The number of nitrogens with one attached hydrogen (secondary N) is 2. The van der Waals surface area contributed by atoms with Crippen molar-refractivity contribution >= 4 is 23.2 Å². The molecule has 36 heavy (non-hydrogen) atoms. The van der Waals surface area contributed by atoms with E-state index in [1.54, 1.807) is 17.5 Å². The summed E-state index contributed by atoms with van der Waals surface area (Å²) in [5, 5.41) is 17.4. The Hall–Kier alpha value is -2.50. The molecule has 2 amide bonds. The molecule has 0 unspecified atom stereocenters. The highest BCUT2D eigenvalue weighted by molar-refractivity contribution is 7.11. The Balaban J connectivity index is 1.18. The van der Waals surface area contributed by atoms with Gasteiger partial charge in [-0.15, -0.1) is 11.3 Å². The molecule has 1 aromatic heterocycles. The van der Waals surface area contributed by atoms with Gasteiger partial charge in [0.25, 0.3) is 5.91 Å². The predicted octanol–water partition coefficient (Wildman–Crippen LogP) is 3.65. The van der Waals surface area contributed by atoms with Gasteiger partial charge in [0.2, 0.25) is 5.91 Å². The van der Waals surface area contributed by atoms with Gasteiger partial charge in [0.15, 0.2) is 0 Å². The van der Waals surface area contributed by atoms with Crippen LogP contribution < -0.4 is 10.6 Å². The SMILES string of the molecule is CC(C)c1ncc(C2(O)CCC(N3CC(NC(=O)CNC(=O)c4cccc(C(F)(F)F)c4)C3)CC2)s1. The van der Waals surface area contributed by atoms with Crippen LogP contribution in [0.15, 0.2) is 30.5 Å². The minimum absolute atomic E-state index is 0.0427. The highest BCUT2D eigenvalue weighted by Crippen LogP contribution is 2.42. The zero-order chi connectivity index (χ0) is 26.1. The van der Waals surface area contributed by atoms with Crippen LogP contribution in [-0.4, -0.2) is 58.5 Å². The average Bonchev–Trinajstić information content (AvgIpc) is 3.32. The van der Waals surface area contributed by atoms with Crippen molar-refractivity contribution < 1.29 is 27.9 Å². The number of likely N-dealkylation sites (tertiary alicyclic amines) is 1. The molecule has 3 N–H and O–H groups in total. The molecular weight excluding hydrogens is 493 g/mol. The molecule has 1 aliphatic heterocycles. The van der Waals surface area contributed by atoms with Crippen molar-refractivity contribution in [1.29, 1.82) is 0 Å². The molecule has 1 aliphatic carbocycles. The standard InChI is InChI=1S/C25H31F3N4O3S/c1-15(2)23-30-11-20(36-23)24(35)8-6-19(7-9-24)32-13-18(14-32)31-21(33)12-29-22(34)16-4-3-5-17(10-16)25(26,27)28/h3-5,10-11,15,18-19,35H,6-9,12-14H2,1-2H3,(H,29,34)(H,31,33). The Morgan fingerprint density at radius 2 is 1.94 bits per heavy atom. The first-order valence-corrected chi connectivity index (χ1v) is 12.9. The van der Waals surface area contributed by atoms with E-state index in [0.29, 0.717) is 37.9 Å². The normalized spacial score (nSPS) is 23.4. The average molecular weight is 525 g/mol. The van der Waals surface area contributed by atoms with Crippen LogP contribution in [0, 0.1) is 0 Å². The highest BCUT2D eigenvalue weighted by atomic mass is 32.1. The summed E-state index contributed by atoms with van der Waals surface area (Å²) in [6.07, 6.45) is 0.331. The van der Waals surface area contributed by atoms with E-state index in [9.17, 15) is 27.9 Å². The Kier molecular flexibility index (Phi) is 7.72. The molecular formula is C25H31F3N4O3S. The lowest BCUT2D eigenvalue weighted by molar-refractivity contribution is -0.137. The molecule has 0 spiro atoms. The summed E-state index contributed by atoms with van der Waals surface area (Å²) in [5.41, 5.74) is -1.89. The van der Waals surface area contributed by atoms with Gasteiger partial charge in [-0.05, 0) is 43.9 Å². The number of amides is 2. The van der Waals surface area contributed by atoms with Gasteiger partial charge < -0.3 is 15.7 Å². The van der Waals surface area contributed by atoms with Gasteiger partial charge in [-0.3, -0.25) is 14.5 Å². The van der Waals surface area contributed by atoms with Crippen LogP contribution in [0.3, 0.4) is 0 Å². The maximum atomic E-state index is 12.8. The van der Waals surface area contributed by atoms with E-state index < -0.39 is 23.2 Å². The minimum atomic E-state index is -4.54. The lowest BCUT2D eigenvalue weighted by Crippen LogP contribution is -2.63. The first-order valence-electron chi connectivity index (χ1n) is 12.1. The molecule has 2 aliphatic rings. The fourth-order valence-electron chi connectivity index (χ4n) is 4.74. The molecule has 196 valence electrons. The second-order valence-electron chi connectivity index (χ2n) is 9.96. The number of aromatic nitrogens is 1. The van der Waals surface area contributed by atoms with Crippen LogP contribution >= 0.6 is 11.3 Å². The first-order chi connectivity index (χ1) is 16.9. The second kappa shape index (κ2) is 10.5. The highest BCUT2D eigenvalue weighted by Gasteiger charge is 2.41. The topological polar surface area (TPSA) is 94.6 Å². The number of hydrogen-bond acceptors (Lipinski definition) is 6. The predicted molar refractivity (Wildman–Crippen MR) is 130 cm³/mol. The van der Waals surface area contributed by atoms with Crippen LogP contribution in [0.1, 0.15) is 71.3 Å². The molecule has 2 fully saturated rings. The van der Waals surface area contributed by atoms with E-state index >= 15 is 0 Å². The molecule has 0 atom stereocenters. The second-order valence-corrected chi connectivity index (χ2v) is 11.0. The number of alkyl halides is 3. The zero-order valence-corrected chi connectivity index (χ0v) is 21.1. The lowest BCUT2D eigenvalue weighted by atomic mass is 9.80. The van der Waals surface area contributed by atoms with E-state index in [4.69, 9.17) is 0 Å². The maximum Gasteiger partial charge on any atom is 0.416 e. The number of carbonyl (C=O) groups is 2. The van der Waals surface area contributed by atoms with Gasteiger partial charge in [-0.1, -0.05) is 19.9 Å². The molecule has 2 aromatic rings. The molecule has 0 radical (unpaired) electrons. The van der Waals surface area contributed by atoms with E-state index in [0.717, 1.165) is 40.9 Å². The molecule has 2 heterocycles. The molecule has 7 nitrogen and oxygen atoms in total. The number of thiazole rings is 1. The van der Waals surface area contributed by atoms with Crippen LogP contribution in [0.25, 0.3) is 0 Å². The first kappa shape index (κ1) is 26.6. The third-order valence-electron chi connectivity index (χ3n) is 6.91. The van der Waals surface area contributed by atoms with Crippen molar-refractivity contribution in [3.8, 4) is 0 Å². The van der Waals surface area contributed by atoms with Crippen molar-refractivity contribution in [2.45, 2.75) is 69.3 Å². The summed E-state index contributed by atoms with van der Waals surface area (Å²) >= 11 is 1.59. The van der Waals surface area contributed by atoms with E-state index in [1.807, 2.05) is 0 Å². The van der Waals surface area contributed by atoms with Crippen molar-refractivity contribution in [3.63, 3.8) is 0 Å². The minimum Gasteiger partial charge on any atom is -0.384 e. The van der Waals surface area contributed by atoms with Gasteiger partial charge in [0.05, 0.1) is 28.0 Å². The Bertz CT molecular complexity index is 1090. The van der Waals surface area contributed by atoms with Crippen LogP contribution in [-0.2, 0) is 16.6 Å². The number of benzene rings is 1. The van der Waals surface area contributed by atoms with Crippen LogP contribution in [0.4, 0.5) is 13.2 Å². The van der Waals surface area contributed by atoms with Gasteiger partial charge in [0.1, 0.15) is 5.60 Å². The van der Waals surface area contributed by atoms with E-state index in [1.165, 1.54) is 6.07 Å². The summed E-state index contributed by atoms with van der Waals surface area (Å²) < 4.78 is 38.5. The Morgan fingerprint density at radius 3 is 2.56 bits per heavy atom. The number of halogens is 3.